The number of carboxylic acids is 1. The molecule has 6 heteroatoms. The lowest BCUT2D eigenvalue weighted by molar-refractivity contribution is -0.138. The largest absolute Gasteiger partial charge is 0.480 e. The van der Waals surface area contributed by atoms with E-state index >= 15 is 0 Å². The molecule has 0 bridgehead atoms. The zero-order valence-corrected chi connectivity index (χ0v) is 11.5. The van der Waals surface area contributed by atoms with Crippen molar-refractivity contribution in [3.05, 3.63) is 0 Å². The Balaban J connectivity index is 4.00. The van der Waals surface area contributed by atoms with Crippen LogP contribution in [0.2, 0.25) is 0 Å². The van der Waals surface area contributed by atoms with E-state index in [0.29, 0.717) is 13.1 Å². The summed E-state index contributed by atoms with van der Waals surface area (Å²) in [6.45, 7) is 7.84. The van der Waals surface area contributed by atoms with E-state index in [4.69, 9.17) is 16.6 Å². The zero-order valence-electron chi connectivity index (χ0n) is 11.5. The van der Waals surface area contributed by atoms with Gasteiger partial charge in [0.15, 0.2) is 0 Å². The number of rotatable bonds is 12. The molecule has 0 aliphatic carbocycles. The smallest absolute Gasteiger partial charge is 0.317 e. The molecule has 0 atom stereocenters. The quantitative estimate of drug-likeness (QED) is 0.433. The van der Waals surface area contributed by atoms with Crippen molar-refractivity contribution >= 4 is 5.97 Å². The van der Waals surface area contributed by atoms with Crippen LogP contribution in [0.15, 0.2) is 0 Å². The van der Waals surface area contributed by atoms with Crippen LogP contribution in [0.4, 0.5) is 0 Å². The molecule has 0 unspecified atom stereocenters. The SMILES string of the molecule is CCN(CCCN)CCN(CCCN)CC(=O)O. The van der Waals surface area contributed by atoms with E-state index in [9.17, 15) is 4.79 Å². The average Bonchev–Trinajstić information content (AvgIpc) is 2.35. The first-order valence-corrected chi connectivity index (χ1v) is 6.70. The van der Waals surface area contributed by atoms with Crippen molar-refractivity contribution in [2.24, 2.45) is 11.5 Å². The third-order valence-corrected chi connectivity index (χ3v) is 2.90. The maximum absolute atomic E-state index is 10.8. The number of hydrogen-bond acceptors (Lipinski definition) is 5. The number of nitrogens with zero attached hydrogens (tertiary/aromatic N) is 2. The molecule has 5 N–H and O–H groups in total. The molecule has 0 radical (unpaired) electrons. The van der Waals surface area contributed by atoms with Crippen LogP contribution < -0.4 is 11.5 Å². The van der Waals surface area contributed by atoms with Gasteiger partial charge in [0.2, 0.25) is 0 Å². The highest BCUT2D eigenvalue weighted by molar-refractivity contribution is 5.69. The summed E-state index contributed by atoms with van der Waals surface area (Å²) in [7, 11) is 0. The summed E-state index contributed by atoms with van der Waals surface area (Å²) in [5.41, 5.74) is 10.9. The topological polar surface area (TPSA) is 95.8 Å². The Hall–Kier alpha value is -0.690. The molecular formula is C12H28N4O2. The van der Waals surface area contributed by atoms with E-state index < -0.39 is 5.97 Å². The predicted octanol–water partition coefficient (Wildman–Crippen LogP) is -0.607. The second-order valence-electron chi connectivity index (χ2n) is 4.39. The lowest BCUT2D eigenvalue weighted by atomic mass is 10.3. The molecule has 18 heavy (non-hydrogen) atoms. The number of carbonyl (C=O) groups is 1. The third-order valence-electron chi connectivity index (χ3n) is 2.90. The zero-order chi connectivity index (χ0) is 13.8. The Morgan fingerprint density at radius 2 is 1.50 bits per heavy atom. The van der Waals surface area contributed by atoms with Gasteiger partial charge in [0, 0.05) is 13.1 Å². The summed E-state index contributed by atoms with van der Waals surface area (Å²) in [5, 5.41) is 8.84. The lowest BCUT2D eigenvalue weighted by Crippen LogP contribution is -2.39. The summed E-state index contributed by atoms with van der Waals surface area (Å²) in [6, 6.07) is 0. The molecule has 6 nitrogen and oxygen atoms in total. The Labute approximate surface area is 110 Å². The van der Waals surface area contributed by atoms with Gasteiger partial charge in [-0.25, -0.2) is 0 Å². The molecule has 0 aliphatic rings. The highest BCUT2D eigenvalue weighted by atomic mass is 16.4. The standard InChI is InChI=1S/C12H28N4O2/c1-2-15(7-3-5-13)9-10-16(8-4-6-14)11-12(17)18/h2-11,13-14H2,1H3,(H,17,18). The second kappa shape index (κ2) is 11.4. The lowest BCUT2D eigenvalue weighted by Gasteiger charge is -2.25. The fourth-order valence-electron chi connectivity index (χ4n) is 1.80. The monoisotopic (exact) mass is 260 g/mol. The number of likely N-dealkylation sites (N-methyl/N-ethyl adjacent to an activating group) is 1. The molecule has 0 aliphatic heterocycles. The predicted molar refractivity (Wildman–Crippen MR) is 73.5 cm³/mol. The molecule has 0 spiro atoms. The third kappa shape index (κ3) is 9.35. The maximum Gasteiger partial charge on any atom is 0.317 e. The molecule has 0 heterocycles. The Kier molecular flexibility index (Phi) is 11.0. The molecule has 0 aromatic heterocycles. The van der Waals surface area contributed by atoms with Crippen molar-refractivity contribution in [3.63, 3.8) is 0 Å². The fraction of sp³-hybridized carbons (Fsp3) is 0.917. The molecular weight excluding hydrogens is 232 g/mol. The minimum atomic E-state index is -0.781. The van der Waals surface area contributed by atoms with Crippen molar-refractivity contribution in [2.45, 2.75) is 19.8 Å². The summed E-state index contributed by atoms with van der Waals surface area (Å²) in [4.78, 5) is 15.0. The van der Waals surface area contributed by atoms with Gasteiger partial charge in [-0.15, -0.1) is 0 Å². The van der Waals surface area contributed by atoms with Crippen LogP contribution in [-0.2, 0) is 4.79 Å². The number of hydrogen-bond donors (Lipinski definition) is 3. The number of carboxylic acid groups (broad SMARTS) is 1. The first-order valence-electron chi connectivity index (χ1n) is 6.70. The molecule has 0 aromatic rings. The van der Waals surface area contributed by atoms with Gasteiger partial charge >= 0.3 is 5.97 Å². The molecule has 0 aromatic carbocycles. The van der Waals surface area contributed by atoms with Gasteiger partial charge in [0.25, 0.3) is 0 Å². The van der Waals surface area contributed by atoms with Gasteiger partial charge in [-0.1, -0.05) is 6.92 Å². The highest BCUT2D eigenvalue weighted by Crippen LogP contribution is 1.96. The Morgan fingerprint density at radius 3 is 1.94 bits per heavy atom. The van der Waals surface area contributed by atoms with Gasteiger partial charge in [-0.05, 0) is 45.6 Å². The number of nitrogens with two attached hydrogens (primary N) is 2. The average molecular weight is 260 g/mol. The van der Waals surface area contributed by atoms with Crippen LogP contribution in [-0.4, -0.2) is 73.2 Å². The minimum absolute atomic E-state index is 0.0917. The van der Waals surface area contributed by atoms with Crippen LogP contribution in [0, 0.1) is 0 Å². The van der Waals surface area contributed by atoms with Gasteiger partial charge in [0.05, 0.1) is 6.54 Å². The van der Waals surface area contributed by atoms with Crippen LogP contribution in [0.5, 0.6) is 0 Å². The molecule has 0 amide bonds. The van der Waals surface area contributed by atoms with Crippen molar-refractivity contribution in [1.82, 2.24) is 9.80 Å². The summed E-state index contributed by atoms with van der Waals surface area (Å²) in [5.74, 6) is -0.781. The summed E-state index contributed by atoms with van der Waals surface area (Å²) >= 11 is 0. The van der Waals surface area contributed by atoms with Gasteiger partial charge in [-0.2, -0.15) is 0 Å². The summed E-state index contributed by atoms with van der Waals surface area (Å²) < 4.78 is 0. The molecule has 0 fully saturated rings. The van der Waals surface area contributed by atoms with Crippen molar-refractivity contribution in [1.29, 1.82) is 0 Å². The summed E-state index contributed by atoms with van der Waals surface area (Å²) in [6.07, 6.45) is 1.82. The van der Waals surface area contributed by atoms with Gasteiger partial charge in [-0.3, -0.25) is 9.69 Å². The first-order chi connectivity index (χ1) is 8.63. The normalized spacial score (nSPS) is 11.4. The van der Waals surface area contributed by atoms with Crippen LogP contribution in [0.1, 0.15) is 19.8 Å². The van der Waals surface area contributed by atoms with E-state index in [2.05, 4.69) is 11.8 Å². The van der Waals surface area contributed by atoms with Gasteiger partial charge < -0.3 is 21.5 Å². The van der Waals surface area contributed by atoms with E-state index in [1.807, 2.05) is 4.90 Å². The Bertz CT molecular complexity index is 214. The van der Waals surface area contributed by atoms with Crippen LogP contribution >= 0.6 is 0 Å². The maximum atomic E-state index is 10.8. The fourth-order valence-corrected chi connectivity index (χ4v) is 1.80. The number of aliphatic carboxylic acids is 1. The first kappa shape index (κ1) is 17.3. The molecule has 0 saturated heterocycles. The highest BCUT2D eigenvalue weighted by Gasteiger charge is 2.10. The van der Waals surface area contributed by atoms with Crippen molar-refractivity contribution in [2.75, 3.05) is 52.4 Å². The molecule has 0 saturated carbocycles. The van der Waals surface area contributed by atoms with Crippen molar-refractivity contribution in [3.8, 4) is 0 Å². The van der Waals surface area contributed by atoms with Gasteiger partial charge in [0.1, 0.15) is 0 Å². The molecule has 108 valence electrons. The van der Waals surface area contributed by atoms with Crippen molar-refractivity contribution < 1.29 is 9.90 Å². The van der Waals surface area contributed by atoms with E-state index in [1.54, 1.807) is 0 Å². The van der Waals surface area contributed by atoms with E-state index in [1.165, 1.54) is 0 Å². The van der Waals surface area contributed by atoms with E-state index in [-0.39, 0.29) is 6.54 Å². The second-order valence-corrected chi connectivity index (χ2v) is 4.39. The minimum Gasteiger partial charge on any atom is -0.480 e. The van der Waals surface area contributed by atoms with E-state index in [0.717, 1.165) is 45.6 Å². The molecule has 0 rings (SSSR count). The van der Waals surface area contributed by atoms with Crippen LogP contribution in [0.3, 0.4) is 0 Å². The van der Waals surface area contributed by atoms with Crippen LogP contribution in [0.25, 0.3) is 0 Å². The Morgan fingerprint density at radius 1 is 1.00 bits per heavy atom.